The number of hydrogen-bond acceptors (Lipinski definition) is 4. The van der Waals surface area contributed by atoms with Crippen molar-refractivity contribution in [3.8, 4) is 11.5 Å². The first-order chi connectivity index (χ1) is 10.2. The first-order valence-electron chi connectivity index (χ1n) is 7.18. The molecule has 0 fully saturated rings. The van der Waals surface area contributed by atoms with Gasteiger partial charge in [-0.1, -0.05) is 19.8 Å². The highest BCUT2D eigenvalue weighted by Gasteiger charge is 2.10. The summed E-state index contributed by atoms with van der Waals surface area (Å²) >= 11 is 0. The maximum Gasteiger partial charge on any atom is 0.335 e. The summed E-state index contributed by atoms with van der Waals surface area (Å²) in [4.78, 5) is 15.3. The van der Waals surface area contributed by atoms with Crippen LogP contribution in [-0.2, 0) is 6.54 Å². The van der Waals surface area contributed by atoms with Gasteiger partial charge in [0, 0.05) is 12.1 Å². The fourth-order valence-corrected chi connectivity index (χ4v) is 2.14. The molecule has 1 aromatic heterocycles. The number of carboxylic acid groups (broad SMARTS) is 1. The van der Waals surface area contributed by atoms with Crippen LogP contribution < -0.4 is 5.32 Å². The molecule has 0 aliphatic carbocycles. The van der Waals surface area contributed by atoms with E-state index in [2.05, 4.69) is 17.2 Å². The van der Waals surface area contributed by atoms with E-state index in [1.165, 1.54) is 19.1 Å². The molecule has 0 spiro atoms. The van der Waals surface area contributed by atoms with Crippen LogP contribution in [-0.4, -0.2) is 22.6 Å². The van der Waals surface area contributed by atoms with Crippen molar-refractivity contribution in [2.24, 2.45) is 0 Å². The van der Waals surface area contributed by atoms with Gasteiger partial charge in [-0.25, -0.2) is 9.78 Å². The SMILES string of the molecule is CCCCCNCc1cc(C(=O)O)cc(-c2ncco2)c1. The molecule has 2 rings (SSSR count). The van der Waals surface area contributed by atoms with Crippen molar-refractivity contribution in [1.82, 2.24) is 10.3 Å². The minimum atomic E-state index is -0.948. The molecule has 0 radical (unpaired) electrons. The molecule has 1 aromatic carbocycles. The average molecular weight is 288 g/mol. The molecule has 21 heavy (non-hydrogen) atoms. The van der Waals surface area contributed by atoms with E-state index in [1.54, 1.807) is 18.3 Å². The van der Waals surface area contributed by atoms with Crippen molar-refractivity contribution in [3.63, 3.8) is 0 Å². The van der Waals surface area contributed by atoms with E-state index in [4.69, 9.17) is 4.42 Å². The lowest BCUT2D eigenvalue weighted by Gasteiger charge is -2.07. The Morgan fingerprint density at radius 2 is 2.19 bits per heavy atom. The fourth-order valence-electron chi connectivity index (χ4n) is 2.14. The van der Waals surface area contributed by atoms with Gasteiger partial charge in [-0.15, -0.1) is 0 Å². The van der Waals surface area contributed by atoms with Crippen LogP contribution in [0.1, 0.15) is 42.1 Å². The number of aromatic carboxylic acids is 1. The van der Waals surface area contributed by atoms with Gasteiger partial charge in [-0.3, -0.25) is 0 Å². The molecule has 2 aromatic rings. The number of carboxylic acids is 1. The normalized spacial score (nSPS) is 10.7. The number of aromatic nitrogens is 1. The predicted octanol–water partition coefficient (Wildman–Crippen LogP) is 3.32. The van der Waals surface area contributed by atoms with Crippen LogP contribution in [0.25, 0.3) is 11.5 Å². The van der Waals surface area contributed by atoms with Gasteiger partial charge in [-0.2, -0.15) is 0 Å². The lowest BCUT2D eigenvalue weighted by Crippen LogP contribution is -2.15. The van der Waals surface area contributed by atoms with E-state index < -0.39 is 5.97 Å². The van der Waals surface area contributed by atoms with Gasteiger partial charge in [0.15, 0.2) is 0 Å². The van der Waals surface area contributed by atoms with E-state index in [0.29, 0.717) is 18.0 Å². The third-order valence-electron chi connectivity index (χ3n) is 3.21. The predicted molar refractivity (Wildman–Crippen MR) is 80.1 cm³/mol. The van der Waals surface area contributed by atoms with Gasteiger partial charge >= 0.3 is 5.97 Å². The Bertz CT molecular complexity index is 579. The van der Waals surface area contributed by atoms with E-state index in [9.17, 15) is 9.90 Å². The fraction of sp³-hybridized carbons (Fsp3) is 0.375. The second-order valence-corrected chi connectivity index (χ2v) is 4.94. The molecule has 2 N–H and O–H groups in total. The maximum atomic E-state index is 11.2. The van der Waals surface area contributed by atoms with Crippen molar-refractivity contribution in [2.45, 2.75) is 32.7 Å². The molecule has 0 bridgehead atoms. The monoisotopic (exact) mass is 288 g/mol. The molecule has 0 saturated carbocycles. The van der Waals surface area contributed by atoms with Gasteiger partial charge in [0.05, 0.1) is 11.8 Å². The van der Waals surface area contributed by atoms with Crippen LogP contribution in [0.15, 0.2) is 35.1 Å². The van der Waals surface area contributed by atoms with Gasteiger partial charge in [-0.05, 0) is 36.7 Å². The number of nitrogens with zero attached hydrogens (tertiary/aromatic N) is 1. The summed E-state index contributed by atoms with van der Waals surface area (Å²) in [6, 6.07) is 5.17. The number of oxazole rings is 1. The van der Waals surface area contributed by atoms with E-state index in [-0.39, 0.29) is 5.56 Å². The molecule has 0 saturated heterocycles. The molecule has 0 unspecified atom stereocenters. The van der Waals surface area contributed by atoms with Crippen LogP contribution in [0.4, 0.5) is 0 Å². The van der Waals surface area contributed by atoms with Gasteiger partial charge < -0.3 is 14.8 Å². The molecule has 112 valence electrons. The average Bonchev–Trinajstić information content (AvgIpc) is 3.01. The lowest BCUT2D eigenvalue weighted by molar-refractivity contribution is 0.0697. The molecule has 0 aliphatic rings. The standard InChI is InChI=1S/C16H20N2O3/c1-2-3-4-5-17-11-12-8-13(15-18-6-7-21-15)10-14(9-12)16(19)20/h6-10,17H,2-5,11H2,1H3,(H,19,20). The van der Waals surface area contributed by atoms with Crippen molar-refractivity contribution < 1.29 is 14.3 Å². The third-order valence-corrected chi connectivity index (χ3v) is 3.21. The Morgan fingerprint density at radius 3 is 2.86 bits per heavy atom. The number of unbranched alkanes of at least 4 members (excludes halogenated alkanes) is 2. The maximum absolute atomic E-state index is 11.2. The van der Waals surface area contributed by atoms with E-state index in [1.807, 2.05) is 6.07 Å². The smallest absolute Gasteiger partial charge is 0.335 e. The Morgan fingerprint density at radius 1 is 1.33 bits per heavy atom. The summed E-state index contributed by atoms with van der Waals surface area (Å²) in [6.07, 6.45) is 6.53. The Balaban J connectivity index is 2.11. The van der Waals surface area contributed by atoms with Crippen LogP contribution >= 0.6 is 0 Å². The van der Waals surface area contributed by atoms with Crippen molar-refractivity contribution in [1.29, 1.82) is 0 Å². The van der Waals surface area contributed by atoms with E-state index in [0.717, 1.165) is 18.5 Å². The summed E-state index contributed by atoms with van der Waals surface area (Å²) < 4.78 is 5.24. The minimum absolute atomic E-state index is 0.246. The molecule has 1 heterocycles. The number of rotatable bonds is 8. The first kappa shape index (κ1) is 15.3. The van der Waals surface area contributed by atoms with Crippen molar-refractivity contribution in [3.05, 3.63) is 41.8 Å². The van der Waals surface area contributed by atoms with E-state index >= 15 is 0 Å². The second kappa shape index (κ2) is 7.59. The molecule has 0 aliphatic heterocycles. The zero-order valence-electron chi connectivity index (χ0n) is 12.1. The Kier molecular flexibility index (Phi) is 5.51. The number of benzene rings is 1. The largest absolute Gasteiger partial charge is 0.478 e. The minimum Gasteiger partial charge on any atom is -0.478 e. The van der Waals surface area contributed by atoms with Gasteiger partial charge in [0.1, 0.15) is 6.26 Å². The summed E-state index contributed by atoms with van der Waals surface area (Å²) in [5, 5.41) is 12.5. The topological polar surface area (TPSA) is 75.4 Å². The lowest BCUT2D eigenvalue weighted by atomic mass is 10.1. The summed E-state index contributed by atoms with van der Waals surface area (Å²) in [7, 11) is 0. The van der Waals surface area contributed by atoms with Crippen LogP contribution in [0.3, 0.4) is 0 Å². The highest BCUT2D eigenvalue weighted by Crippen LogP contribution is 2.21. The zero-order chi connectivity index (χ0) is 15.1. The molecule has 5 heteroatoms. The quantitative estimate of drug-likeness (QED) is 0.729. The Labute approximate surface area is 124 Å². The second-order valence-electron chi connectivity index (χ2n) is 4.94. The van der Waals surface area contributed by atoms with Crippen LogP contribution in [0.5, 0.6) is 0 Å². The van der Waals surface area contributed by atoms with Crippen molar-refractivity contribution in [2.75, 3.05) is 6.54 Å². The van der Waals surface area contributed by atoms with Crippen molar-refractivity contribution >= 4 is 5.97 Å². The highest BCUT2D eigenvalue weighted by atomic mass is 16.4. The summed E-state index contributed by atoms with van der Waals surface area (Å²) in [6.45, 7) is 3.73. The molecular formula is C16H20N2O3. The van der Waals surface area contributed by atoms with Crippen LogP contribution in [0, 0.1) is 0 Å². The number of hydrogen-bond donors (Lipinski definition) is 2. The highest BCUT2D eigenvalue weighted by molar-refractivity contribution is 5.89. The summed E-state index contributed by atoms with van der Waals surface area (Å²) in [5.74, 6) is -0.513. The molecule has 5 nitrogen and oxygen atoms in total. The van der Waals surface area contributed by atoms with Gasteiger partial charge in [0.2, 0.25) is 5.89 Å². The molecular weight excluding hydrogens is 268 g/mol. The third kappa shape index (κ3) is 4.43. The molecule has 0 atom stereocenters. The number of carbonyl (C=O) groups is 1. The van der Waals surface area contributed by atoms with Crippen LogP contribution in [0.2, 0.25) is 0 Å². The number of nitrogens with one attached hydrogen (secondary N) is 1. The van der Waals surface area contributed by atoms with Gasteiger partial charge in [0.25, 0.3) is 0 Å². The molecule has 0 amide bonds. The summed E-state index contributed by atoms with van der Waals surface area (Å²) in [5.41, 5.74) is 1.85. The first-order valence-corrected chi connectivity index (χ1v) is 7.18. The zero-order valence-corrected chi connectivity index (χ0v) is 12.1. The Hall–Kier alpha value is -2.14.